The minimum absolute atomic E-state index is 0.698. The first-order chi connectivity index (χ1) is 9.72. The second-order valence-electron chi connectivity index (χ2n) is 5.20. The smallest absolute Gasteiger partial charge is 0.192 e. The molecule has 20 heavy (non-hydrogen) atoms. The van der Waals surface area contributed by atoms with Crippen LogP contribution in [0.15, 0.2) is 27.2 Å². The highest BCUT2D eigenvalue weighted by Crippen LogP contribution is 2.31. The molecule has 3 heterocycles. The molecule has 0 N–H and O–H groups in total. The van der Waals surface area contributed by atoms with Gasteiger partial charge in [-0.25, -0.2) is 9.97 Å². The van der Waals surface area contributed by atoms with Crippen LogP contribution in [0.1, 0.15) is 24.4 Å². The summed E-state index contributed by atoms with van der Waals surface area (Å²) in [6, 6.07) is 6.10. The summed E-state index contributed by atoms with van der Waals surface area (Å²) in [5.41, 5.74) is 4.11. The third-order valence-corrected chi connectivity index (χ3v) is 4.46. The molecule has 1 aliphatic rings. The van der Waals surface area contributed by atoms with E-state index in [9.17, 15) is 0 Å². The molecule has 4 nitrogen and oxygen atoms in total. The quantitative estimate of drug-likeness (QED) is 0.674. The molecule has 3 aromatic rings. The van der Waals surface area contributed by atoms with E-state index in [0.29, 0.717) is 5.89 Å². The maximum atomic E-state index is 5.62. The third-order valence-electron chi connectivity index (χ3n) is 3.82. The van der Waals surface area contributed by atoms with E-state index < -0.39 is 0 Å². The van der Waals surface area contributed by atoms with E-state index in [4.69, 9.17) is 9.40 Å². The van der Waals surface area contributed by atoms with Gasteiger partial charge in [0.25, 0.3) is 0 Å². The van der Waals surface area contributed by atoms with Crippen molar-refractivity contribution in [2.75, 3.05) is 0 Å². The van der Waals surface area contributed by atoms with Gasteiger partial charge in [0.1, 0.15) is 15.9 Å². The lowest BCUT2D eigenvalue weighted by Gasteiger charge is -2.16. The van der Waals surface area contributed by atoms with Crippen LogP contribution in [0.25, 0.3) is 22.5 Å². The molecule has 0 spiro atoms. The SMILES string of the molecule is Cc1nc2ccc(-c3nc(Br)c4n3CCCC4)cc2o1. The zero-order chi connectivity index (χ0) is 13.7. The van der Waals surface area contributed by atoms with Gasteiger partial charge in [-0.1, -0.05) is 0 Å². The Bertz CT molecular complexity index is 803. The zero-order valence-corrected chi connectivity index (χ0v) is 12.8. The molecule has 0 bridgehead atoms. The first-order valence-electron chi connectivity index (χ1n) is 6.85. The van der Waals surface area contributed by atoms with Gasteiger partial charge in [0.05, 0.1) is 5.69 Å². The number of rotatable bonds is 1. The van der Waals surface area contributed by atoms with Crippen LogP contribution >= 0.6 is 15.9 Å². The average molecular weight is 332 g/mol. The number of aromatic nitrogens is 3. The van der Waals surface area contributed by atoms with Crippen molar-refractivity contribution in [2.24, 2.45) is 0 Å². The molecule has 0 aliphatic carbocycles. The number of hydrogen-bond donors (Lipinski definition) is 0. The molecule has 0 atom stereocenters. The summed E-state index contributed by atoms with van der Waals surface area (Å²) >= 11 is 3.59. The van der Waals surface area contributed by atoms with E-state index in [1.165, 1.54) is 18.5 Å². The van der Waals surface area contributed by atoms with E-state index in [1.54, 1.807) is 0 Å². The second kappa shape index (κ2) is 4.45. The van der Waals surface area contributed by atoms with Crippen molar-refractivity contribution >= 4 is 27.0 Å². The van der Waals surface area contributed by atoms with Gasteiger partial charge in [-0.2, -0.15) is 0 Å². The zero-order valence-electron chi connectivity index (χ0n) is 11.2. The highest BCUT2D eigenvalue weighted by molar-refractivity contribution is 9.10. The summed E-state index contributed by atoms with van der Waals surface area (Å²) in [4.78, 5) is 9.03. The Balaban J connectivity index is 1.90. The molecule has 5 heteroatoms. The lowest BCUT2D eigenvalue weighted by molar-refractivity contribution is 0.535. The Hall–Kier alpha value is -1.62. The fraction of sp³-hybridized carbons (Fsp3) is 0.333. The number of oxazole rings is 1. The molecule has 0 fully saturated rings. The lowest BCUT2D eigenvalue weighted by atomic mass is 10.1. The van der Waals surface area contributed by atoms with E-state index in [2.05, 4.69) is 31.5 Å². The van der Waals surface area contributed by atoms with Crippen LogP contribution in [0.3, 0.4) is 0 Å². The molecule has 0 unspecified atom stereocenters. The first kappa shape index (κ1) is 12.1. The Morgan fingerprint density at radius 2 is 2.15 bits per heavy atom. The van der Waals surface area contributed by atoms with Crippen molar-refractivity contribution in [1.82, 2.24) is 14.5 Å². The van der Waals surface area contributed by atoms with Crippen LogP contribution in [-0.2, 0) is 13.0 Å². The fourth-order valence-electron chi connectivity index (χ4n) is 2.90. The Morgan fingerprint density at radius 3 is 3.05 bits per heavy atom. The molecule has 0 saturated heterocycles. The van der Waals surface area contributed by atoms with Gasteiger partial charge in [-0.15, -0.1) is 0 Å². The van der Waals surface area contributed by atoms with E-state index >= 15 is 0 Å². The summed E-state index contributed by atoms with van der Waals surface area (Å²) in [7, 11) is 0. The third kappa shape index (κ3) is 1.80. The topological polar surface area (TPSA) is 43.9 Å². The van der Waals surface area contributed by atoms with Gasteiger partial charge in [0.15, 0.2) is 11.5 Å². The van der Waals surface area contributed by atoms with Crippen molar-refractivity contribution in [3.63, 3.8) is 0 Å². The number of benzene rings is 1. The van der Waals surface area contributed by atoms with Crippen LogP contribution < -0.4 is 0 Å². The summed E-state index contributed by atoms with van der Waals surface area (Å²) in [5.74, 6) is 1.71. The number of fused-ring (bicyclic) bond motifs is 2. The minimum atomic E-state index is 0.698. The van der Waals surface area contributed by atoms with Crippen LogP contribution in [0.2, 0.25) is 0 Å². The van der Waals surface area contributed by atoms with Gasteiger partial charge < -0.3 is 8.98 Å². The van der Waals surface area contributed by atoms with E-state index in [-0.39, 0.29) is 0 Å². The molecule has 1 aliphatic heterocycles. The van der Waals surface area contributed by atoms with E-state index in [0.717, 1.165) is 40.1 Å². The van der Waals surface area contributed by atoms with Gasteiger partial charge in [-0.05, 0) is 53.4 Å². The average Bonchev–Trinajstić information content (AvgIpc) is 2.98. The monoisotopic (exact) mass is 331 g/mol. The van der Waals surface area contributed by atoms with Gasteiger partial charge in [0, 0.05) is 19.0 Å². The Labute approximate surface area is 125 Å². The maximum absolute atomic E-state index is 5.62. The summed E-state index contributed by atoms with van der Waals surface area (Å²) in [6.07, 6.45) is 3.55. The van der Waals surface area contributed by atoms with Crippen LogP contribution in [0.5, 0.6) is 0 Å². The fourth-order valence-corrected chi connectivity index (χ4v) is 3.48. The number of hydrogen-bond acceptors (Lipinski definition) is 3. The normalized spacial score (nSPS) is 14.7. The predicted octanol–water partition coefficient (Wildman–Crippen LogP) is 4.10. The van der Waals surface area contributed by atoms with Crippen LogP contribution in [0, 0.1) is 6.92 Å². The van der Waals surface area contributed by atoms with Crippen molar-refractivity contribution < 1.29 is 4.42 Å². The van der Waals surface area contributed by atoms with Crippen molar-refractivity contribution in [2.45, 2.75) is 32.7 Å². The molecule has 0 amide bonds. The van der Waals surface area contributed by atoms with Crippen molar-refractivity contribution in [3.8, 4) is 11.4 Å². The maximum Gasteiger partial charge on any atom is 0.192 e. The summed E-state index contributed by atoms with van der Waals surface area (Å²) in [5, 5.41) is 0. The lowest BCUT2D eigenvalue weighted by Crippen LogP contribution is -2.11. The van der Waals surface area contributed by atoms with Gasteiger partial charge >= 0.3 is 0 Å². The number of aryl methyl sites for hydroxylation is 1. The number of halogens is 1. The Morgan fingerprint density at radius 1 is 1.25 bits per heavy atom. The highest BCUT2D eigenvalue weighted by Gasteiger charge is 2.20. The molecule has 2 aromatic heterocycles. The second-order valence-corrected chi connectivity index (χ2v) is 5.95. The molecule has 0 radical (unpaired) electrons. The standard InChI is InChI=1S/C15H14BrN3O/c1-9-17-11-6-5-10(8-13(11)20-9)15-18-14(16)12-4-2-3-7-19(12)15/h5-6,8H,2-4,7H2,1H3. The molecule has 0 saturated carbocycles. The predicted molar refractivity (Wildman–Crippen MR) is 80.6 cm³/mol. The first-order valence-corrected chi connectivity index (χ1v) is 7.64. The summed E-state index contributed by atoms with van der Waals surface area (Å²) < 4.78 is 8.91. The van der Waals surface area contributed by atoms with Crippen LogP contribution in [0.4, 0.5) is 0 Å². The molecular formula is C15H14BrN3O. The molecule has 4 rings (SSSR count). The molecule has 1 aromatic carbocycles. The molecule has 102 valence electrons. The van der Waals surface area contributed by atoms with E-state index in [1.807, 2.05) is 19.1 Å². The Kier molecular flexibility index (Phi) is 2.70. The van der Waals surface area contributed by atoms with Crippen molar-refractivity contribution in [1.29, 1.82) is 0 Å². The highest BCUT2D eigenvalue weighted by atomic mass is 79.9. The number of nitrogens with zero attached hydrogens (tertiary/aromatic N) is 3. The minimum Gasteiger partial charge on any atom is -0.441 e. The van der Waals surface area contributed by atoms with Crippen molar-refractivity contribution in [3.05, 3.63) is 34.4 Å². The van der Waals surface area contributed by atoms with Gasteiger partial charge in [-0.3, -0.25) is 0 Å². The van der Waals surface area contributed by atoms with Crippen LogP contribution in [-0.4, -0.2) is 14.5 Å². The molecular weight excluding hydrogens is 318 g/mol. The largest absolute Gasteiger partial charge is 0.441 e. The van der Waals surface area contributed by atoms with Gasteiger partial charge in [0.2, 0.25) is 0 Å². The summed E-state index contributed by atoms with van der Waals surface area (Å²) in [6.45, 7) is 2.91. The number of imidazole rings is 1.